The van der Waals surface area contributed by atoms with Gasteiger partial charge in [0.2, 0.25) is 5.82 Å². The lowest BCUT2D eigenvalue weighted by molar-refractivity contribution is -0.137. The van der Waals surface area contributed by atoms with Gasteiger partial charge in [0.25, 0.3) is 5.91 Å². The topological polar surface area (TPSA) is 108 Å². The van der Waals surface area contributed by atoms with E-state index in [1.807, 2.05) is 20.8 Å². The third-order valence-corrected chi connectivity index (χ3v) is 2.75. The number of unbranched alkanes of at least 4 members (excludes halogenated alkanes) is 2. The van der Waals surface area contributed by atoms with Gasteiger partial charge in [-0.2, -0.15) is 0 Å². The van der Waals surface area contributed by atoms with Gasteiger partial charge in [-0.05, 0) is 12.8 Å². The van der Waals surface area contributed by atoms with Gasteiger partial charge in [-0.15, -0.1) is 5.10 Å². The molecular formula is C13H22N4O3. The van der Waals surface area contributed by atoms with Gasteiger partial charge in [-0.25, -0.2) is 4.98 Å². The highest BCUT2D eigenvalue weighted by atomic mass is 16.4. The first-order valence-electron chi connectivity index (χ1n) is 6.73. The van der Waals surface area contributed by atoms with Crippen molar-refractivity contribution in [2.45, 2.75) is 51.9 Å². The van der Waals surface area contributed by atoms with Gasteiger partial charge in [-0.1, -0.05) is 27.2 Å². The fourth-order valence-electron chi connectivity index (χ4n) is 1.56. The molecule has 0 saturated heterocycles. The summed E-state index contributed by atoms with van der Waals surface area (Å²) >= 11 is 0. The van der Waals surface area contributed by atoms with Crippen LogP contribution < -0.4 is 5.32 Å². The molecule has 0 saturated carbocycles. The van der Waals surface area contributed by atoms with Crippen molar-refractivity contribution in [3.63, 3.8) is 0 Å². The molecule has 1 heterocycles. The quantitative estimate of drug-likeness (QED) is 0.656. The molecule has 3 N–H and O–H groups in total. The Labute approximate surface area is 118 Å². The first-order valence-corrected chi connectivity index (χ1v) is 6.73. The molecule has 7 heteroatoms. The van der Waals surface area contributed by atoms with Gasteiger partial charge in [0.1, 0.15) is 5.82 Å². The van der Waals surface area contributed by atoms with Crippen molar-refractivity contribution in [1.29, 1.82) is 0 Å². The van der Waals surface area contributed by atoms with Gasteiger partial charge in [0.05, 0.1) is 0 Å². The average Bonchev–Trinajstić information content (AvgIpc) is 2.82. The number of amides is 1. The highest BCUT2D eigenvalue weighted by Crippen LogP contribution is 2.17. The molecule has 0 radical (unpaired) electrons. The van der Waals surface area contributed by atoms with Crippen molar-refractivity contribution in [3.8, 4) is 0 Å². The van der Waals surface area contributed by atoms with Crippen LogP contribution in [0.15, 0.2) is 0 Å². The van der Waals surface area contributed by atoms with Crippen molar-refractivity contribution in [1.82, 2.24) is 20.5 Å². The molecule has 0 aromatic carbocycles. The number of carbonyl (C=O) groups excluding carboxylic acids is 1. The summed E-state index contributed by atoms with van der Waals surface area (Å²) in [5.41, 5.74) is -0.178. The zero-order valence-electron chi connectivity index (χ0n) is 12.2. The van der Waals surface area contributed by atoms with E-state index < -0.39 is 5.97 Å². The Morgan fingerprint density at radius 3 is 2.50 bits per heavy atom. The van der Waals surface area contributed by atoms with E-state index in [9.17, 15) is 9.59 Å². The van der Waals surface area contributed by atoms with Crippen molar-refractivity contribution < 1.29 is 14.7 Å². The molecule has 0 bridgehead atoms. The fraction of sp³-hybridized carbons (Fsp3) is 0.692. The van der Waals surface area contributed by atoms with Crippen LogP contribution in [0, 0.1) is 0 Å². The summed E-state index contributed by atoms with van der Waals surface area (Å²) in [7, 11) is 0. The van der Waals surface area contributed by atoms with Crippen LogP contribution in [0.2, 0.25) is 0 Å². The van der Waals surface area contributed by atoms with Crippen LogP contribution >= 0.6 is 0 Å². The predicted octanol–water partition coefficient (Wildman–Crippen LogP) is 1.48. The molecule has 20 heavy (non-hydrogen) atoms. The molecule has 0 atom stereocenters. The number of hydrogen-bond acceptors (Lipinski definition) is 4. The summed E-state index contributed by atoms with van der Waals surface area (Å²) in [6, 6.07) is 0. The average molecular weight is 282 g/mol. The maximum absolute atomic E-state index is 11.8. The summed E-state index contributed by atoms with van der Waals surface area (Å²) in [6.45, 7) is 6.45. The molecule has 1 amide bonds. The van der Waals surface area contributed by atoms with Gasteiger partial charge in [0, 0.05) is 18.4 Å². The highest BCUT2D eigenvalue weighted by Gasteiger charge is 2.20. The van der Waals surface area contributed by atoms with E-state index in [0.29, 0.717) is 18.8 Å². The largest absolute Gasteiger partial charge is 0.481 e. The number of aromatic amines is 1. The molecule has 0 fully saturated rings. The lowest BCUT2D eigenvalue weighted by Crippen LogP contribution is -2.25. The molecule has 0 unspecified atom stereocenters. The van der Waals surface area contributed by atoms with Crippen LogP contribution in [-0.2, 0) is 10.2 Å². The van der Waals surface area contributed by atoms with Crippen LogP contribution in [0.5, 0.6) is 0 Å². The molecule has 1 aromatic heterocycles. The van der Waals surface area contributed by atoms with E-state index in [2.05, 4.69) is 20.5 Å². The first kappa shape index (κ1) is 16.1. The highest BCUT2D eigenvalue weighted by molar-refractivity contribution is 5.90. The van der Waals surface area contributed by atoms with E-state index in [0.717, 1.165) is 12.8 Å². The minimum Gasteiger partial charge on any atom is -0.481 e. The zero-order chi connectivity index (χ0) is 15.2. The van der Waals surface area contributed by atoms with Gasteiger partial charge in [-0.3, -0.25) is 14.7 Å². The SMILES string of the molecule is CC(C)(C)c1nc(C(=O)NCCCCCC(=O)O)n[nH]1. The van der Waals surface area contributed by atoms with Gasteiger partial charge < -0.3 is 10.4 Å². The number of rotatable bonds is 7. The second-order valence-corrected chi connectivity index (χ2v) is 5.72. The molecule has 1 aromatic rings. The maximum Gasteiger partial charge on any atom is 0.303 e. The van der Waals surface area contributed by atoms with E-state index in [-0.39, 0.29) is 23.6 Å². The smallest absolute Gasteiger partial charge is 0.303 e. The molecule has 7 nitrogen and oxygen atoms in total. The molecule has 0 aliphatic rings. The zero-order valence-corrected chi connectivity index (χ0v) is 12.2. The van der Waals surface area contributed by atoms with E-state index in [1.165, 1.54) is 0 Å². The van der Waals surface area contributed by atoms with E-state index in [4.69, 9.17) is 5.11 Å². The van der Waals surface area contributed by atoms with Crippen LogP contribution in [0.25, 0.3) is 0 Å². The van der Waals surface area contributed by atoms with Gasteiger partial charge >= 0.3 is 5.97 Å². The maximum atomic E-state index is 11.8. The number of H-pyrrole nitrogens is 1. The molecular weight excluding hydrogens is 260 g/mol. The monoisotopic (exact) mass is 282 g/mol. The summed E-state index contributed by atoms with van der Waals surface area (Å²) in [5, 5.41) is 17.9. The summed E-state index contributed by atoms with van der Waals surface area (Å²) in [6.07, 6.45) is 2.31. The Balaban J connectivity index is 2.29. The Morgan fingerprint density at radius 1 is 1.25 bits per heavy atom. The number of nitrogens with one attached hydrogen (secondary N) is 2. The molecule has 0 aliphatic carbocycles. The Morgan fingerprint density at radius 2 is 1.95 bits per heavy atom. The number of aromatic nitrogens is 3. The fourth-order valence-corrected chi connectivity index (χ4v) is 1.56. The van der Waals surface area contributed by atoms with Crippen molar-refractivity contribution >= 4 is 11.9 Å². The molecule has 112 valence electrons. The normalized spacial score (nSPS) is 11.3. The van der Waals surface area contributed by atoms with Crippen LogP contribution in [-0.4, -0.2) is 38.7 Å². The predicted molar refractivity (Wildman–Crippen MR) is 73.5 cm³/mol. The third-order valence-electron chi connectivity index (χ3n) is 2.75. The molecule has 0 spiro atoms. The number of carbonyl (C=O) groups is 2. The first-order chi connectivity index (χ1) is 9.30. The lowest BCUT2D eigenvalue weighted by Gasteiger charge is -2.12. The Bertz CT molecular complexity index is 462. The second-order valence-electron chi connectivity index (χ2n) is 5.72. The third kappa shape index (κ3) is 5.38. The Hall–Kier alpha value is -1.92. The van der Waals surface area contributed by atoms with Crippen LogP contribution in [0.3, 0.4) is 0 Å². The minimum absolute atomic E-state index is 0.139. The standard InChI is InChI=1S/C13H22N4O3/c1-13(2,3)12-15-10(16-17-12)11(20)14-8-6-4-5-7-9(18)19/h4-8H2,1-3H3,(H,14,20)(H,18,19)(H,15,16,17). The van der Waals surface area contributed by atoms with Crippen molar-refractivity contribution in [2.24, 2.45) is 0 Å². The molecule has 0 aliphatic heterocycles. The minimum atomic E-state index is -0.788. The summed E-state index contributed by atoms with van der Waals surface area (Å²) in [5.74, 6) is -0.288. The molecule has 1 rings (SSSR count). The van der Waals surface area contributed by atoms with E-state index >= 15 is 0 Å². The number of carboxylic acid groups (broad SMARTS) is 1. The summed E-state index contributed by atoms with van der Waals surface area (Å²) < 4.78 is 0. The Kier molecular flexibility index (Phi) is 5.66. The van der Waals surface area contributed by atoms with Crippen LogP contribution in [0.1, 0.15) is 62.9 Å². The lowest BCUT2D eigenvalue weighted by atomic mass is 9.96. The number of hydrogen-bond donors (Lipinski definition) is 3. The van der Waals surface area contributed by atoms with Crippen molar-refractivity contribution in [3.05, 3.63) is 11.6 Å². The number of aliphatic carboxylic acids is 1. The van der Waals surface area contributed by atoms with Crippen LogP contribution in [0.4, 0.5) is 0 Å². The summed E-state index contributed by atoms with van der Waals surface area (Å²) in [4.78, 5) is 26.3. The van der Waals surface area contributed by atoms with Gasteiger partial charge in [0.15, 0.2) is 0 Å². The number of nitrogens with zero attached hydrogens (tertiary/aromatic N) is 2. The number of carboxylic acids is 1. The van der Waals surface area contributed by atoms with Crippen molar-refractivity contribution in [2.75, 3.05) is 6.54 Å². The second kappa shape index (κ2) is 7.02. The van der Waals surface area contributed by atoms with E-state index in [1.54, 1.807) is 0 Å².